The van der Waals surface area contributed by atoms with E-state index in [0.717, 1.165) is 16.5 Å². The number of thioether (sulfide) groups is 1. The van der Waals surface area contributed by atoms with Crippen LogP contribution in [-0.4, -0.2) is 88.4 Å². The van der Waals surface area contributed by atoms with E-state index in [9.17, 15) is 29.1 Å². The van der Waals surface area contributed by atoms with Gasteiger partial charge in [0.2, 0.25) is 23.6 Å². The van der Waals surface area contributed by atoms with E-state index in [1.54, 1.807) is 6.20 Å². The summed E-state index contributed by atoms with van der Waals surface area (Å²) in [5.41, 5.74) is 23.7. The lowest BCUT2D eigenvalue weighted by Crippen LogP contribution is -2.58. The van der Waals surface area contributed by atoms with Crippen LogP contribution in [0.15, 0.2) is 35.5 Å². The highest BCUT2D eigenvalue weighted by atomic mass is 32.2. The minimum atomic E-state index is -1.48. The zero-order chi connectivity index (χ0) is 31.2. The van der Waals surface area contributed by atoms with E-state index in [-0.39, 0.29) is 38.2 Å². The van der Waals surface area contributed by atoms with Crippen molar-refractivity contribution < 1.29 is 29.1 Å². The fourth-order valence-corrected chi connectivity index (χ4v) is 4.60. The fraction of sp³-hybridized carbons (Fsp3) is 0.462. The van der Waals surface area contributed by atoms with E-state index < -0.39 is 60.2 Å². The first-order valence-electron chi connectivity index (χ1n) is 13.2. The molecule has 4 unspecified atom stereocenters. The van der Waals surface area contributed by atoms with Crippen LogP contribution in [0.1, 0.15) is 31.2 Å². The van der Waals surface area contributed by atoms with Gasteiger partial charge in [-0.05, 0) is 49.3 Å². The number of nitrogens with zero attached hydrogens (tertiary/aromatic N) is 1. The number of aromatic nitrogens is 1. The molecule has 15 nitrogen and oxygen atoms in total. The molecule has 0 aliphatic heterocycles. The van der Waals surface area contributed by atoms with E-state index >= 15 is 0 Å². The number of amides is 4. The van der Waals surface area contributed by atoms with Crippen LogP contribution in [-0.2, 0) is 30.4 Å². The van der Waals surface area contributed by atoms with Gasteiger partial charge in [0.25, 0.3) is 0 Å². The van der Waals surface area contributed by atoms with Gasteiger partial charge in [0.05, 0.1) is 12.5 Å². The highest BCUT2D eigenvalue weighted by Crippen LogP contribution is 2.19. The average molecular weight is 606 g/mol. The molecule has 230 valence electrons. The van der Waals surface area contributed by atoms with Gasteiger partial charge < -0.3 is 49.0 Å². The Morgan fingerprint density at radius 2 is 1.60 bits per heavy atom. The first-order valence-corrected chi connectivity index (χ1v) is 14.6. The largest absolute Gasteiger partial charge is 0.480 e. The molecule has 1 aromatic heterocycles. The molecule has 0 fully saturated rings. The number of aliphatic imine (C=N–C) groups is 1. The van der Waals surface area contributed by atoms with Gasteiger partial charge in [-0.1, -0.05) is 18.2 Å². The summed E-state index contributed by atoms with van der Waals surface area (Å²) in [6.07, 6.45) is 3.63. The number of fused-ring (bicyclic) bond motifs is 1. The SMILES string of the molecule is CSCCC(NC(=O)C(N)Cc1c[nH]c2ccccc12)C(=O)NC(CC(N)=O)C(=O)NC(CCCN=C(N)N)C(=O)O. The van der Waals surface area contributed by atoms with Gasteiger partial charge in [-0.3, -0.25) is 24.2 Å². The molecule has 0 radical (unpaired) electrons. The van der Waals surface area contributed by atoms with Crippen molar-refractivity contribution in [1.29, 1.82) is 0 Å². The number of carbonyl (C=O) groups excluding carboxylic acids is 4. The Labute approximate surface area is 247 Å². The van der Waals surface area contributed by atoms with Crippen molar-refractivity contribution >= 4 is 58.2 Å². The van der Waals surface area contributed by atoms with E-state index in [1.807, 2.05) is 30.5 Å². The summed E-state index contributed by atoms with van der Waals surface area (Å²) in [5, 5.41) is 17.8. The Hall–Kier alpha value is -4.31. The number of benzene rings is 1. The van der Waals surface area contributed by atoms with Crippen LogP contribution in [0.3, 0.4) is 0 Å². The number of H-pyrrole nitrogens is 1. The van der Waals surface area contributed by atoms with Crippen LogP contribution in [0.5, 0.6) is 0 Å². The summed E-state index contributed by atoms with van der Waals surface area (Å²) in [5.74, 6) is -4.16. The Morgan fingerprint density at radius 1 is 0.952 bits per heavy atom. The Kier molecular flexibility index (Phi) is 13.6. The molecule has 0 aliphatic rings. The number of aliphatic carboxylic acids is 1. The third-order valence-corrected chi connectivity index (χ3v) is 6.94. The van der Waals surface area contributed by atoms with Crippen molar-refractivity contribution in [2.45, 2.75) is 56.3 Å². The van der Waals surface area contributed by atoms with E-state index in [1.165, 1.54) is 11.8 Å². The zero-order valence-electron chi connectivity index (χ0n) is 23.3. The third-order valence-electron chi connectivity index (χ3n) is 6.29. The van der Waals surface area contributed by atoms with Gasteiger partial charge in [0.1, 0.15) is 18.1 Å². The van der Waals surface area contributed by atoms with Crippen molar-refractivity contribution in [3.8, 4) is 0 Å². The van der Waals surface area contributed by atoms with Crippen LogP contribution in [0.25, 0.3) is 10.9 Å². The molecule has 0 bridgehead atoms. The number of guanidine groups is 1. The number of carbonyl (C=O) groups is 5. The van der Waals surface area contributed by atoms with Gasteiger partial charge in [0.15, 0.2) is 5.96 Å². The van der Waals surface area contributed by atoms with Crippen molar-refractivity contribution in [1.82, 2.24) is 20.9 Å². The number of rotatable bonds is 18. The summed E-state index contributed by atoms with van der Waals surface area (Å²) in [4.78, 5) is 69.4. The lowest BCUT2D eigenvalue weighted by molar-refractivity contribution is -0.142. The minimum Gasteiger partial charge on any atom is -0.480 e. The topological polar surface area (TPSA) is 274 Å². The van der Waals surface area contributed by atoms with Crippen LogP contribution in [0.2, 0.25) is 0 Å². The number of nitrogens with one attached hydrogen (secondary N) is 4. The molecule has 2 rings (SSSR count). The van der Waals surface area contributed by atoms with Crippen LogP contribution in [0.4, 0.5) is 0 Å². The zero-order valence-corrected chi connectivity index (χ0v) is 24.1. The number of carboxylic acids is 1. The molecule has 4 atom stereocenters. The molecule has 16 heteroatoms. The summed E-state index contributed by atoms with van der Waals surface area (Å²) < 4.78 is 0. The Morgan fingerprint density at radius 3 is 2.24 bits per heavy atom. The molecule has 4 amide bonds. The summed E-state index contributed by atoms with van der Waals surface area (Å²) in [7, 11) is 0. The molecule has 2 aromatic rings. The molecule has 1 aromatic carbocycles. The van der Waals surface area contributed by atoms with Gasteiger partial charge in [-0.2, -0.15) is 11.8 Å². The molecule has 0 saturated carbocycles. The van der Waals surface area contributed by atoms with Crippen molar-refractivity contribution in [2.24, 2.45) is 27.9 Å². The molecule has 13 N–H and O–H groups in total. The van der Waals surface area contributed by atoms with E-state index in [4.69, 9.17) is 22.9 Å². The highest BCUT2D eigenvalue weighted by molar-refractivity contribution is 7.98. The van der Waals surface area contributed by atoms with Gasteiger partial charge >= 0.3 is 5.97 Å². The quantitative estimate of drug-likeness (QED) is 0.0525. The standard InChI is InChI=1S/C26H39N9O6S/c1-42-10-8-18(33-22(37)16(27)11-14-13-32-17-6-3-2-5-15(14)17)23(38)35-20(12-21(28)36)24(39)34-19(25(40)41)7-4-9-31-26(29)30/h2-3,5-6,13,16,18-20,32H,4,7-12,27H2,1H3,(H2,28,36)(H,33,37)(H,34,39)(H,35,38)(H,40,41)(H4,29,30,31). The normalized spacial score (nSPS) is 13.8. The third kappa shape index (κ3) is 10.9. The number of primary amides is 1. The lowest BCUT2D eigenvalue weighted by atomic mass is 10.0. The summed E-state index contributed by atoms with van der Waals surface area (Å²) >= 11 is 1.44. The predicted octanol–water partition coefficient (Wildman–Crippen LogP) is -1.74. The van der Waals surface area contributed by atoms with Crippen LogP contribution >= 0.6 is 11.8 Å². The maximum Gasteiger partial charge on any atom is 0.326 e. The second kappa shape index (κ2) is 16.8. The molecule has 1 heterocycles. The van der Waals surface area contributed by atoms with Crippen LogP contribution < -0.4 is 38.9 Å². The second-order valence-corrected chi connectivity index (χ2v) is 10.6. The number of carboxylic acid groups (broad SMARTS) is 1. The van der Waals surface area contributed by atoms with Crippen molar-refractivity contribution in [2.75, 3.05) is 18.6 Å². The fourth-order valence-electron chi connectivity index (χ4n) is 4.13. The second-order valence-electron chi connectivity index (χ2n) is 9.59. The number of aromatic amines is 1. The van der Waals surface area contributed by atoms with Gasteiger partial charge in [-0.25, -0.2) is 4.79 Å². The monoisotopic (exact) mass is 605 g/mol. The maximum atomic E-state index is 13.2. The van der Waals surface area contributed by atoms with Crippen LogP contribution in [0, 0.1) is 0 Å². The Balaban J connectivity index is 2.09. The first-order chi connectivity index (χ1) is 19.9. The molecule has 0 spiro atoms. The van der Waals surface area contributed by atoms with Crippen molar-refractivity contribution in [3.63, 3.8) is 0 Å². The number of hydrogen-bond donors (Lipinski definition) is 9. The molecular formula is C26H39N9O6S. The number of hydrogen-bond acceptors (Lipinski definition) is 8. The number of para-hydroxylation sites is 1. The van der Waals surface area contributed by atoms with Gasteiger partial charge in [-0.15, -0.1) is 0 Å². The minimum absolute atomic E-state index is 0.0180. The first kappa shape index (κ1) is 33.9. The summed E-state index contributed by atoms with van der Waals surface area (Å²) in [6.45, 7) is 0.142. The highest BCUT2D eigenvalue weighted by Gasteiger charge is 2.31. The molecular weight excluding hydrogens is 566 g/mol. The molecule has 0 saturated heterocycles. The van der Waals surface area contributed by atoms with E-state index in [0.29, 0.717) is 5.75 Å². The molecule has 42 heavy (non-hydrogen) atoms. The predicted molar refractivity (Wildman–Crippen MR) is 160 cm³/mol. The summed E-state index contributed by atoms with van der Waals surface area (Å²) in [6, 6.07) is 2.67. The Bertz CT molecular complexity index is 1280. The smallest absolute Gasteiger partial charge is 0.326 e. The lowest BCUT2D eigenvalue weighted by Gasteiger charge is -2.24. The van der Waals surface area contributed by atoms with Crippen molar-refractivity contribution in [3.05, 3.63) is 36.0 Å². The number of nitrogens with two attached hydrogens (primary N) is 4. The average Bonchev–Trinajstić information content (AvgIpc) is 3.34. The maximum absolute atomic E-state index is 13.2. The molecule has 0 aliphatic carbocycles. The van der Waals surface area contributed by atoms with E-state index in [2.05, 4.69) is 25.9 Å². The van der Waals surface area contributed by atoms with Gasteiger partial charge in [0, 0.05) is 23.6 Å².